The van der Waals surface area contributed by atoms with Crippen LogP contribution in [0.15, 0.2) is 24.3 Å². The average molecular weight is 414 g/mol. The number of aromatic nitrogens is 1. The first-order valence-electron chi connectivity index (χ1n) is 10.1. The number of hydrogen-bond acceptors (Lipinski definition) is 6. The lowest BCUT2D eigenvalue weighted by Gasteiger charge is -2.29. The summed E-state index contributed by atoms with van der Waals surface area (Å²) in [4.78, 5) is 29.7. The first-order valence-corrected chi connectivity index (χ1v) is 10.9. The fraction of sp³-hybridized carbons (Fsp3) is 0.545. The molecule has 154 valence electrons. The summed E-state index contributed by atoms with van der Waals surface area (Å²) in [5.41, 5.74) is -0.0354. The number of nitriles is 1. The molecule has 1 fully saturated rings. The van der Waals surface area contributed by atoms with E-state index in [2.05, 4.69) is 11.4 Å². The standard InChI is InChI=1S/C22H27N3O3S/c1-14(2)22(3,13-23)25-19(26)12-28-21(27)16-9-5-4-8-15(16)20-24-17-10-6-7-11-18(17)29-20/h6-7,10-11,14-16H,4-5,8-9,12H2,1-3H3,(H,25,26)/t15-,16+,22+/m0/s1. The lowest BCUT2D eigenvalue weighted by atomic mass is 9.79. The molecule has 1 aliphatic carbocycles. The van der Waals surface area contributed by atoms with E-state index in [-0.39, 0.29) is 30.3 Å². The van der Waals surface area contributed by atoms with Gasteiger partial charge in [0.25, 0.3) is 5.91 Å². The second-order valence-electron chi connectivity index (χ2n) is 8.14. The maximum absolute atomic E-state index is 12.8. The molecule has 7 heteroatoms. The third kappa shape index (κ3) is 4.76. The number of benzene rings is 1. The van der Waals surface area contributed by atoms with Crippen molar-refractivity contribution in [2.75, 3.05) is 6.61 Å². The molecule has 1 heterocycles. The van der Waals surface area contributed by atoms with E-state index in [4.69, 9.17) is 9.72 Å². The Hall–Kier alpha value is -2.46. The van der Waals surface area contributed by atoms with E-state index in [1.54, 1.807) is 18.3 Å². The fourth-order valence-electron chi connectivity index (χ4n) is 3.63. The first kappa shape index (κ1) is 21.3. The summed E-state index contributed by atoms with van der Waals surface area (Å²) in [6.07, 6.45) is 3.65. The monoisotopic (exact) mass is 413 g/mol. The maximum Gasteiger partial charge on any atom is 0.310 e. The Morgan fingerprint density at radius 1 is 1.34 bits per heavy atom. The van der Waals surface area contributed by atoms with Crippen molar-refractivity contribution in [3.63, 3.8) is 0 Å². The van der Waals surface area contributed by atoms with Gasteiger partial charge in [-0.3, -0.25) is 9.59 Å². The zero-order chi connectivity index (χ0) is 21.0. The fourth-order valence-corrected chi connectivity index (χ4v) is 4.80. The Morgan fingerprint density at radius 3 is 2.76 bits per heavy atom. The van der Waals surface area contributed by atoms with Crippen LogP contribution in [0.1, 0.15) is 57.4 Å². The van der Waals surface area contributed by atoms with Crippen LogP contribution in [-0.4, -0.2) is 29.0 Å². The van der Waals surface area contributed by atoms with E-state index < -0.39 is 11.4 Å². The average Bonchev–Trinajstić information content (AvgIpc) is 3.16. The summed E-state index contributed by atoms with van der Waals surface area (Å²) in [5, 5.41) is 13.0. The molecule has 0 spiro atoms. The molecular weight excluding hydrogens is 386 g/mol. The molecule has 2 aromatic rings. The largest absolute Gasteiger partial charge is 0.455 e. The van der Waals surface area contributed by atoms with Gasteiger partial charge in [-0.25, -0.2) is 4.98 Å². The van der Waals surface area contributed by atoms with Gasteiger partial charge in [-0.1, -0.05) is 38.8 Å². The molecular formula is C22H27N3O3S. The number of nitrogens with one attached hydrogen (secondary N) is 1. The zero-order valence-electron chi connectivity index (χ0n) is 17.1. The van der Waals surface area contributed by atoms with Gasteiger partial charge in [0.15, 0.2) is 6.61 Å². The number of hydrogen-bond donors (Lipinski definition) is 1. The molecule has 1 aliphatic rings. The topological polar surface area (TPSA) is 92.1 Å². The summed E-state index contributed by atoms with van der Waals surface area (Å²) in [6, 6.07) is 10.1. The lowest BCUT2D eigenvalue weighted by Crippen LogP contribution is -2.50. The van der Waals surface area contributed by atoms with Gasteiger partial charge < -0.3 is 10.1 Å². The van der Waals surface area contributed by atoms with Crippen molar-refractivity contribution in [3.8, 4) is 6.07 Å². The molecule has 0 radical (unpaired) electrons. The molecule has 0 unspecified atom stereocenters. The van der Waals surface area contributed by atoms with Gasteiger partial charge >= 0.3 is 5.97 Å². The molecule has 1 aromatic carbocycles. The molecule has 1 saturated carbocycles. The van der Waals surface area contributed by atoms with E-state index in [0.29, 0.717) is 0 Å². The van der Waals surface area contributed by atoms with Gasteiger partial charge in [0, 0.05) is 5.92 Å². The summed E-state index contributed by atoms with van der Waals surface area (Å²) >= 11 is 1.63. The Morgan fingerprint density at radius 2 is 2.07 bits per heavy atom. The number of amides is 1. The van der Waals surface area contributed by atoms with Gasteiger partial charge in [-0.05, 0) is 37.8 Å². The Kier molecular flexibility index (Phi) is 6.53. The Balaban J connectivity index is 1.65. The number of esters is 1. The van der Waals surface area contributed by atoms with E-state index in [1.807, 2.05) is 38.1 Å². The van der Waals surface area contributed by atoms with Gasteiger partial charge in [0.2, 0.25) is 0 Å². The number of nitrogens with zero attached hydrogens (tertiary/aromatic N) is 2. The predicted molar refractivity (Wildman–Crippen MR) is 112 cm³/mol. The van der Waals surface area contributed by atoms with Crippen LogP contribution in [-0.2, 0) is 14.3 Å². The third-order valence-electron chi connectivity index (χ3n) is 5.83. The highest BCUT2D eigenvalue weighted by Gasteiger charge is 2.36. The highest BCUT2D eigenvalue weighted by Crippen LogP contribution is 2.41. The summed E-state index contributed by atoms with van der Waals surface area (Å²) < 4.78 is 6.47. The second kappa shape index (κ2) is 8.91. The van der Waals surface area contributed by atoms with E-state index in [0.717, 1.165) is 40.9 Å². The van der Waals surface area contributed by atoms with Crippen molar-refractivity contribution in [3.05, 3.63) is 29.3 Å². The third-order valence-corrected chi connectivity index (χ3v) is 7.00. The molecule has 3 rings (SSSR count). The number of carbonyl (C=O) groups excluding carboxylic acids is 2. The molecule has 0 bridgehead atoms. The summed E-state index contributed by atoms with van der Waals surface area (Å²) in [6.45, 7) is 5.02. The number of ether oxygens (including phenoxy) is 1. The van der Waals surface area contributed by atoms with Crippen molar-refractivity contribution in [1.29, 1.82) is 5.26 Å². The number of rotatable bonds is 6. The van der Waals surface area contributed by atoms with Crippen molar-refractivity contribution in [2.24, 2.45) is 11.8 Å². The van der Waals surface area contributed by atoms with Crippen LogP contribution in [0.5, 0.6) is 0 Å². The molecule has 6 nitrogen and oxygen atoms in total. The second-order valence-corrected chi connectivity index (χ2v) is 9.20. The molecule has 0 aliphatic heterocycles. The van der Waals surface area contributed by atoms with Gasteiger partial charge in [0.05, 0.1) is 27.2 Å². The van der Waals surface area contributed by atoms with Gasteiger partial charge in [-0.15, -0.1) is 11.3 Å². The molecule has 1 aromatic heterocycles. The minimum Gasteiger partial charge on any atom is -0.455 e. The van der Waals surface area contributed by atoms with Gasteiger partial charge in [-0.2, -0.15) is 5.26 Å². The van der Waals surface area contributed by atoms with Crippen LogP contribution >= 0.6 is 11.3 Å². The maximum atomic E-state index is 12.8. The number of fused-ring (bicyclic) bond motifs is 1. The SMILES string of the molecule is CC(C)[C@@](C)(C#N)NC(=O)COC(=O)[C@@H]1CCCC[C@@H]1c1nc2ccccc2s1. The van der Waals surface area contributed by atoms with Crippen molar-refractivity contribution in [2.45, 2.75) is 57.9 Å². The number of para-hydroxylation sites is 1. The van der Waals surface area contributed by atoms with Crippen LogP contribution in [0.2, 0.25) is 0 Å². The molecule has 29 heavy (non-hydrogen) atoms. The molecule has 3 atom stereocenters. The Bertz CT molecular complexity index is 900. The number of carbonyl (C=O) groups is 2. The minimum atomic E-state index is -0.988. The van der Waals surface area contributed by atoms with Crippen LogP contribution in [0.25, 0.3) is 10.2 Å². The highest BCUT2D eigenvalue weighted by molar-refractivity contribution is 7.18. The summed E-state index contributed by atoms with van der Waals surface area (Å²) in [5.74, 6) is -1.13. The van der Waals surface area contributed by atoms with Gasteiger partial charge in [0.1, 0.15) is 5.54 Å². The van der Waals surface area contributed by atoms with Crippen molar-refractivity contribution < 1.29 is 14.3 Å². The normalized spacial score (nSPS) is 21.3. The van der Waals surface area contributed by atoms with Crippen LogP contribution in [0.3, 0.4) is 0 Å². The molecule has 1 N–H and O–H groups in total. The highest BCUT2D eigenvalue weighted by atomic mass is 32.1. The Labute approximate surface area is 175 Å². The predicted octanol–water partition coefficient (Wildman–Crippen LogP) is 4.17. The minimum absolute atomic E-state index is 0.0248. The van der Waals surface area contributed by atoms with E-state index in [9.17, 15) is 14.9 Å². The summed E-state index contributed by atoms with van der Waals surface area (Å²) in [7, 11) is 0. The van der Waals surface area contributed by atoms with Crippen molar-refractivity contribution in [1.82, 2.24) is 10.3 Å². The van der Waals surface area contributed by atoms with Crippen LogP contribution < -0.4 is 5.32 Å². The number of thiazole rings is 1. The van der Waals surface area contributed by atoms with Crippen LogP contribution in [0, 0.1) is 23.2 Å². The van der Waals surface area contributed by atoms with E-state index >= 15 is 0 Å². The molecule has 0 saturated heterocycles. The lowest BCUT2D eigenvalue weighted by molar-refractivity contribution is -0.154. The quantitative estimate of drug-likeness (QED) is 0.718. The first-order chi connectivity index (χ1) is 13.8. The zero-order valence-corrected chi connectivity index (χ0v) is 17.9. The van der Waals surface area contributed by atoms with E-state index in [1.165, 1.54) is 0 Å². The molecule has 1 amide bonds. The van der Waals surface area contributed by atoms with Crippen molar-refractivity contribution >= 4 is 33.4 Å². The smallest absolute Gasteiger partial charge is 0.310 e. The van der Waals surface area contributed by atoms with Crippen LogP contribution in [0.4, 0.5) is 0 Å².